The number of carboxylic acids is 1. The molecule has 1 rings (SSSR count). The van der Waals surface area contributed by atoms with Crippen LogP contribution in [0, 0.1) is 17.1 Å². The molecule has 0 saturated carbocycles. The molecular formula is C12H12FN3O4. The number of carboxylic acid groups (broad SMARTS) is 1. The van der Waals surface area contributed by atoms with Gasteiger partial charge in [0.25, 0.3) is 0 Å². The Hall–Kier alpha value is -2.66. The predicted molar refractivity (Wildman–Crippen MR) is 66.4 cm³/mol. The number of aliphatic carboxylic acids is 1. The molecule has 4 N–H and O–H groups in total. The molecule has 7 nitrogen and oxygen atoms in total. The summed E-state index contributed by atoms with van der Waals surface area (Å²) in [5.41, 5.74) is -2.17. The third kappa shape index (κ3) is 3.93. The molecule has 0 spiro atoms. The van der Waals surface area contributed by atoms with E-state index in [4.69, 9.17) is 10.4 Å². The minimum Gasteiger partial charge on any atom is -0.479 e. The Kier molecular flexibility index (Phi) is 4.61. The van der Waals surface area contributed by atoms with E-state index in [1.54, 1.807) is 6.07 Å². The zero-order chi connectivity index (χ0) is 15.3. The van der Waals surface area contributed by atoms with Gasteiger partial charge in [-0.1, -0.05) is 0 Å². The Morgan fingerprint density at radius 3 is 2.65 bits per heavy atom. The fourth-order valence-electron chi connectivity index (χ4n) is 1.19. The third-order valence-corrected chi connectivity index (χ3v) is 2.40. The molecule has 20 heavy (non-hydrogen) atoms. The Labute approximate surface area is 113 Å². The van der Waals surface area contributed by atoms with E-state index in [9.17, 15) is 19.1 Å². The summed E-state index contributed by atoms with van der Waals surface area (Å²) in [4.78, 5) is 22.0. The average molecular weight is 281 g/mol. The van der Waals surface area contributed by atoms with Crippen molar-refractivity contribution in [1.29, 1.82) is 5.26 Å². The lowest BCUT2D eigenvalue weighted by Gasteiger charge is -2.18. The molecule has 0 fully saturated rings. The predicted octanol–water partition coefficient (Wildman–Crippen LogP) is 0.654. The topological polar surface area (TPSA) is 122 Å². The molecule has 0 radical (unpaired) electrons. The van der Waals surface area contributed by atoms with Gasteiger partial charge in [0.1, 0.15) is 11.9 Å². The maximum Gasteiger partial charge on any atom is 0.337 e. The smallest absolute Gasteiger partial charge is 0.337 e. The van der Waals surface area contributed by atoms with Crippen molar-refractivity contribution in [2.45, 2.75) is 12.5 Å². The number of carbonyl (C=O) groups is 2. The van der Waals surface area contributed by atoms with Crippen LogP contribution in [0.1, 0.15) is 12.5 Å². The molecule has 2 amide bonds. The second-order valence-electron chi connectivity index (χ2n) is 4.19. The second-order valence-corrected chi connectivity index (χ2v) is 4.19. The van der Waals surface area contributed by atoms with Crippen LogP contribution in [0.5, 0.6) is 0 Å². The molecule has 8 heteroatoms. The molecule has 0 aromatic heterocycles. The second kappa shape index (κ2) is 5.99. The summed E-state index contributed by atoms with van der Waals surface area (Å²) >= 11 is 0. The summed E-state index contributed by atoms with van der Waals surface area (Å²) < 4.78 is 13.3. The maximum atomic E-state index is 13.3. The normalized spacial score (nSPS) is 12.9. The molecule has 0 aliphatic rings. The van der Waals surface area contributed by atoms with Gasteiger partial charge >= 0.3 is 12.0 Å². The number of benzene rings is 1. The number of hydrogen-bond donors (Lipinski definition) is 4. The first-order chi connectivity index (χ1) is 9.26. The van der Waals surface area contributed by atoms with Gasteiger partial charge in [-0.05, 0) is 25.1 Å². The Morgan fingerprint density at radius 2 is 2.15 bits per heavy atom. The van der Waals surface area contributed by atoms with Crippen LogP contribution in [-0.2, 0) is 4.79 Å². The zero-order valence-corrected chi connectivity index (χ0v) is 10.5. The molecule has 0 aliphatic heterocycles. The van der Waals surface area contributed by atoms with Crippen molar-refractivity contribution in [3.63, 3.8) is 0 Å². The van der Waals surface area contributed by atoms with Gasteiger partial charge in [-0.25, -0.2) is 14.0 Å². The van der Waals surface area contributed by atoms with E-state index in [0.717, 1.165) is 13.0 Å². The van der Waals surface area contributed by atoms with E-state index in [-0.39, 0.29) is 11.3 Å². The third-order valence-electron chi connectivity index (χ3n) is 2.40. The summed E-state index contributed by atoms with van der Waals surface area (Å²) in [6, 6.07) is 4.28. The zero-order valence-electron chi connectivity index (χ0n) is 10.5. The molecule has 106 valence electrons. The maximum absolute atomic E-state index is 13.3. The monoisotopic (exact) mass is 281 g/mol. The highest BCUT2D eigenvalue weighted by atomic mass is 19.1. The van der Waals surface area contributed by atoms with E-state index in [1.165, 1.54) is 12.1 Å². The molecule has 1 atom stereocenters. The van der Waals surface area contributed by atoms with Gasteiger partial charge in [0, 0.05) is 5.69 Å². The minimum absolute atomic E-state index is 0.0916. The molecule has 0 bridgehead atoms. The first-order valence-corrected chi connectivity index (χ1v) is 5.46. The lowest BCUT2D eigenvalue weighted by molar-refractivity contribution is -0.155. The number of halogens is 1. The number of rotatable bonds is 4. The van der Waals surface area contributed by atoms with Crippen LogP contribution in [0.25, 0.3) is 0 Å². The van der Waals surface area contributed by atoms with Crippen molar-refractivity contribution < 1.29 is 24.2 Å². The van der Waals surface area contributed by atoms with Crippen molar-refractivity contribution in [3.05, 3.63) is 29.6 Å². The fourth-order valence-corrected chi connectivity index (χ4v) is 1.19. The lowest BCUT2D eigenvalue weighted by Crippen LogP contribution is -2.47. The molecule has 1 unspecified atom stereocenters. The van der Waals surface area contributed by atoms with Crippen molar-refractivity contribution >= 4 is 17.7 Å². The van der Waals surface area contributed by atoms with Crippen molar-refractivity contribution in [2.75, 3.05) is 11.9 Å². The first kappa shape index (κ1) is 15.4. The van der Waals surface area contributed by atoms with Crippen LogP contribution >= 0.6 is 0 Å². The number of anilines is 1. The van der Waals surface area contributed by atoms with Crippen LogP contribution in [0.15, 0.2) is 18.2 Å². The van der Waals surface area contributed by atoms with Gasteiger partial charge < -0.3 is 20.8 Å². The highest BCUT2D eigenvalue weighted by Gasteiger charge is 2.30. The standard InChI is InChI=1S/C12H12FN3O4/c1-12(20,10(17)18)6-15-11(19)16-8-3-2-7(5-14)9(13)4-8/h2-4,20H,6H2,1H3,(H,17,18)(H2,15,16,19). The van der Waals surface area contributed by atoms with Gasteiger partial charge in [0.15, 0.2) is 5.60 Å². The van der Waals surface area contributed by atoms with E-state index in [0.29, 0.717) is 0 Å². The summed E-state index contributed by atoms with van der Waals surface area (Å²) in [7, 11) is 0. The summed E-state index contributed by atoms with van der Waals surface area (Å²) in [5, 5.41) is 30.9. The molecular weight excluding hydrogens is 269 g/mol. The number of nitrogens with zero attached hydrogens (tertiary/aromatic N) is 1. The number of hydrogen-bond acceptors (Lipinski definition) is 4. The number of urea groups is 1. The van der Waals surface area contributed by atoms with E-state index >= 15 is 0 Å². The number of carbonyl (C=O) groups excluding carboxylic acids is 1. The van der Waals surface area contributed by atoms with E-state index in [2.05, 4.69) is 10.6 Å². The SMILES string of the molecule is CC(O)(CNC(=O)Nc1ccc(C#N)c(F)c1)C(=O)O. The van der Waals surface area contributed by atoms with Gasteiger partial charge in [-0.3, -0.25) is 0 Å². The Balaban J connectivity index is 2.62. The quantitative estimate of drug-likeness (QED) is 0.645. The summed E-state index contributed by atoms with van der Waals surface area (Å²) in [6.07, 6.45) is 0. The largest absolute Gasteiger partial charge is 0.479 e. The van der Waals surface area contributed by atoms with E-state index in [1.807, 2.05) is 0 Å². The fraction of sp³-hybridized carbons (Fsp3) is 0.250. The van der Waals surface area contributed by atoms with Crippen LogP contribution < -0.4 is 10.6 Å². The number of nitrogens with one attached hydrogen (secondary N) is 2. The number of nitriles is 1. The molecule has 0 saturated heterocycles. The average Bonchev–Trinajstić information content (AvgIpc) is 2.36. The van der Waals surface area contributed by atoms with Crippen LogP contribution in [0.3, 0.4) is 0 Å². The lowest BCUT2D eigenvalue weighted by atomic mass is 10.1. The molecule has 1 aromatic rings. The Morgan fingerprint density at radius 1 is 1.50 bits per heavy atom. The van der Waals surface area contributed by atoms with Gasteiger partial charge in [0.2, 0.25) is 0 Å². The van der Waals surface area contributed by atoms with E-state index < -0.39 is 30.0 Å². The van der Waals surface area contributed by atoms with Crippen LogP contribution in [-0.4, -0.2) is 34.4 Å². The first-order valence-electron chi connectivity index (χ1n) is 5.46. The number of aliphatic hydroxyl groups is 1. The van der Waals surface area contributed by atoms with Crippen molar-refractivity contribution in [2.24, 2.45) is 0 Å². The highest BCUT2D eigenvalue weighted by molar-refractivity contribution is 5.90. The molecule has 0 aliphatic carbocycles. The minimum atomic E-state index is -2.10. The Bertz CT molecular complexity index is 581. The highest BCUT2D eigenvalue weighted by Crippen LogP contribution is 2.13. The van der Waals surface area contributed by atoms with Crippen molar-refractivity contribution in [3.8, 4) is 6.07 Å². The van der Waals surface area contributed by atoms with Crippen LogP contribution in [0.4, 0.5) is 14.9 Å². The number of amides is 2. The van der Waals surface area contributed by atoms with Gasteiger partial charge in [-0.15, -0.1) is 0 Å². The summed E-state index contributed by atoms with van der Waals surface area (Å²) in [5.74, 6) is -2.27. The van der Waals surface area contributed by atoms with Gasteiger partial charge in [0.05, 0.1) is 12.1 Å². The molecule has 1 aromatic carbocycles. The van der Waals surface area contributed by atoms with Crippen LogP contribution in [0.2, 0.25) is 0 Å². The van der Waals surface area contributed by atoms with Gasteiger partial charge in [-0.2, -0.15) is 5.26 Å². The summed E-state index contributed by atoms with van der Waals surface area (Å²) in [6.45, 7) is 0.504. The van der Waals surface area contributed by atoms with Crippen molar-refractivity contribution in [1.82, 2.24) is 5.32 Å². The molecule has 0 heterocycles.